The third-order valence-electron chi connectivity index (χ3n) is 3.38. The predicted octanol–water partition coefficient (Wildman–Crippen LogP) is 2.68. The maximum Gasteiger partial charge on any atom is 0.244 e. The largest absolute Gasteiger partial charge is 0.358 e. The van der Waals surface area contributed by atoms with E-state index in [9.17, 15) is 4.79 Å². The van der Waals surface area contributed by atoms with Crippen molar-refractivity contribution in [1.29, 1.82) is 0 Å². The second-order valence-corrected chi connectivity index (χ2v) is 5.87. The fraction of sp³-hybridized carbons (Fsp3) is 0.643. The van der Waals surface area contributed by atoms with E-state index in [0.717, 1.165) is 25.9 Å². The Morgan fingerprint density at radius 3 is 2.55 bits per heavy atom. The molecule has 0 radical (unpaired) electrons. The van der Waals surface area contributed by atoms with Crippen LogP contribution in [0.25, 0.3) is 0 Å². The van der Waals surface area contributed by atoms with Gasteiger partial charge in [-0.2, -0.15) is 0 Å². The third-order valence-corrected chi connectivity index (χ3v) is 3.57. The number of nitrogens with zero attached hydrogens (tertiary/aromatic N) is 3. The molecule has 1 aromatic rings. The number of halogens is 1. The summed E-state index contributed by atoms with van der Waals surface area (Å²) in [6.07, 6.45) is 2.19. The van der Waals surface area contributed by atoms with Gasteiger partial charge in [0.1, 0.15) is 22.8 Å². The SMILES string of the molecule is CC(Nc1cc(Cl)nc(C(C)C)n1)C(=O)N1CCCC1. The fourth-order valence-corrected chi connectivity index (χ4v) is 2.45. The Bertz CT molecular complexity index is 486. The molecule has 1 fully saturated rings. The standard InChI is InChI=1S/C14H21ClN4O/c1-9(2)13-17-11(15)8-12(18-13)16-10(3)14(20)19-6-4-5-7-19/h8-10H,4-7H2,1-3H3,(H,16,17,18). The van der Waals surface area contributed by atoms with Crippen molar-refractivity contribution in [3.8, 4) is 0 Å². The van der Waals surface area contributed by atoms with E-state index in [4.69, 9.17) is 11.6 Å². The quantitative estimate of drug-likeness (QED) is 0.868. The molecule has 5 nitrogen and oxygen atoms in total. The fourth-order valence-electron chi connectivity index (χ4n) is 2.26. The molecule has 20 heavy (non-hydrogen) atoms. The van der Waals surface area contributed by atoms with Crippen LogP contribution in [0.5, 0.6) is 0 Å². The van der Waals surface area contributed by atoms with Gasteiger partial charge in [-0.3, -0.25) is 4.79 Å². The van der Waals surface area contributed by atoms with Crippen molar-refractivity contribution < 1.29 is 4.79 Å². The summed E-state index contributed by atoms with van der Waals surface area (Å²) in [5, 5.41) is 3.52. The molecule has 0 saturated carbocycles. The highest BCUT2D eigenvalue weighted by Crippen LogP contribution is 2.18. The highest BCUT2D eigenvalue weighted by atomic mass is 35.5. The molecular weight excluding hydrogens is 276 g/mol. The molecule has 1 unspecified atom stereocenters. The molecule has 6 heteroatoms. The lowest BCUT2D eigenvalue weighted by molar-refractivity contribution is -0.130. The van der Waals surface area contributed by atoms with Gasteiger partial charge in [0.2, 0.25) is 5.91 Å². The first-order valence-corrected chi connectivity index (χ1v) is 7.45. The molecule has 1 amide bonds. The summed E-state index contributed by atoms with van der Waals surface area (Å²) in [6.45, 7) is 7.58. The Hall–Kier alpha value is -1.36. The van der Waals surface area contributed by atoms with Crippen molar-refractivity contribution in [2.24, 2.45) is 0 Å². The molecule has 1 aliphatic heterocycles. The maximum absolute atomic E-state index is 12.2. The van der Waals surface area contributed by atoms with E-state index in [1.807, 2.05) is 25.7 Å². The van der Waals surface area contributed by atoms with Crippen LogP contribution in [0.4, 0.5) is 5.82 Å². The lowest BCUT2D eigenvalue weighted by Gasteiger charge is -2.21. The normalized spacial score (nSPS) is 16.6. The van der Waals surface area contributed by atoms with Crippen molar-refractivity contribution in [3.63, 3.8) is 0 Å². The molecule has 0 bridgehead atoms. The van der Waals surface area contributed by atoms with Crippen LogP contribution in [0.2, 0.25) is 5.15 Å². The van der Waals surface area contributed by atoms with E-state index in [0.29, 0.717) is 16.8 Å². The van der Waals surface area contributed by atoms with Crippen molar-refractivity contribution in [1.82, 2.24) is 14.9 Å². The monoisotopic (exact) mass is 296 g/mol. The summed E-state index contributed by atoms with van der Waals surface area (Å²) < 4.78 is 0. The Kier molecular flexibility index (Phi) is 4.81. The van der Waals surface area contributed by atoms with E-state index in [2.05, 4.69) is 15.3 Å². The van der Waals surface area contributed by atoms with E-state index in [1.165, 1.54) is 0 Å². The summed E-state index contributed by atoms with van der Waals surface area (Å²) in [7, 11) is 0. The number of likely N-dealkylation sites (tertiary alicyclic amines) is 1. The summed E-state index contributed by atoms with van der Waals surface area (Å²) >= 11 is 6.00. The molecule has 1 saturated heterocycles. The number of amides is 1. The van der Waals surface area contributed by atoms with Gasteiger partial charge in [0, 0.05) is 25.1 Å². The number of hydrogen-bond donors (Lipinski definition) is 1. The second kappa shape index (κ2) is 6.39. The number of carbonyl (C=O) groups is 1. The maximum atomic E-state index is 12.2. The van der Waals surface area contributed by atoms with Crippen LogP contribution >= 0.6 is 11.6 Å². The van der Waals surface area contributed by atoms with Gasteiger partial charge in [0.15, 0.2) is 0 Å². The lowest BCUT2D eigenvalue weighted by Crippen LogP contribution is -2.39. The summed E-state index contributed by atoms with van der Waals surface area (Å²) in [6, 6.07) is 1.35. The van der Waals surface area contributed by atoms with Gasteiger partial charge in [0.25, 0.3) is 0 Å². The lowest BCUT2D eigenvalue weighted by atomic mass is 10.2. The molecule has 2 rings (SSSR count). The van der Waals surface area contributed by atoms with E-state index in [-0.39, 0.29) is 17.9 Å². The minimum atomic E-state index is -0.306. The zero-order chi connectivity index (χ0) is 14.7. The Morgan fingerprint density at radius 1 is 1.30 bits per heavy atom. The molecule has 1 aliphatic rings. The molecule has 0 aliphatic carbocycles. The third kappa shape index (κ3) is 3.60. The van der Waals surface area contributed by atoms with E-state index >= 15 is 0 Å². The van der Waals surface area contributed by atoms with Crippen LogP contribution in [0.15, 0.2) is 6.07 Å². The van der Waals surface area contributed by atoms with Crippen molar-refractivity contribution >= 4 is 23.3 Å². The van der Waals surface area contributed by atoms with Gasteiger partial charge in [-0.05, 0) is 19.8 Å². The van der Waals surface area contributed by atoms with Crippen LogP contribution in [0.1, 0.15) is 45.4 Å². The first-order chi connectivity index (χ1) is 9.47. The van der Waals surface area contributed by atoms with E-state index < -0.39 is 0 Å². The van der Waals surface area contributed by atoms with Crippen LogP contribution < -0.4 is 5.32 Å². The Balaban J connectivity index is 2.06. The molecule has 0 spiro atoms. The topological polar surface area (TPSA) is 58.1 Å². The molecule has 1 N–H and O–H groups in total. The molecule has 0 aromatic carbocycles. The summed E-state index contributed by atoms with van der Waals surface area (Å²) in [5.74, 6) is 1.59. The molecule has 1 aromatic heterocycles. The number of anilines is 1. The Labute approximate surface area is 124 Å². The van der Waals surface area contributed by atoms with Crippen LogP contribution in [-0.2, 0) is 4.79 Å². The summed E-state index contributed by atoms with van der Waals surface area (Å²) in [5.41, 5.74) is 0. The minimum absolute atomic E-state index is 0.114. The number of carbonyl (C=O) groups excluding carboxylic acids is 1. The minimum Gasteiger partial charge on any atom is -0.358 e. The average Bonchev–Trinajstić information content (AvgIpc) is 2.90. The number of hydrogen-bond acceptors (Lipinski definition) is 4. The van der Waals surface area contributed by atoms with Gasteiger partial charge in [-0.15, -0.1) is 0 Å². The molecular formula is C14H21ClN4O. The van der Waals surface area contributed by atoms with Crippen molar-refractivity contribution in [3.05, 3.63) is 17.0 Å². The number of aromatic nitrogens is 2. The highest BCUT2D eigenvalue weighted by Gasteiger charge is 2.23. The van der Waals surface area contributed by atoms with Crippen LogP contribution in [0, 0.1) is 0 Å². The van der Waals surface area contributed by atoms with Gasteiger partial charge in [-0.25, -0.2) is 9.97 Å². The second-order valence-electron chi connectivity index (χ2n) is 5.49. The zero-order valence-corrected chi connectivity index (χ0v) is 12.9. The Morgan fingerprint density at radius 2 is 1.95 bits per heavy atom. The number of rotatable bonds is 4. The van der Waals surface area contributed by atoms with E-state index in [1.54, 1.807) is 6.07 Å². The number of nitrogens with one attached hydrogen (secondary N) is 1. The van der Waals surface area contributed by atoms with Gasteiger partial charge in [0.05, 0.1) is 0 Å². The van der Waals surface area contributed by atoms with Gasteiger partial charge < -0.3 is 10.2 Å². The first-order valence-electron chi connectivity index (χ1n) is 7.07. The van der Waals surface area contributed by atoms with Crippen molar-refractivity contribution in [2.75, 3.05) is 18.4 Å². The van der Waals surface area contributed by atoms with Gasteiger partial charge >= 0.3 is 0 Å². The average molecular weight is 297 g/mol. The summed E-state index contributed by atoms with van der Waals surface area (Å²) in [4.78, 5) is 22.7. The van der Waals surface area contributed by atoms with Gasteiger partial charge in [-0.1, -0.05) is 25.4 Å². The van der Waals surface area contributed by atoms with Crippen LogP contribution in [0.3, 0.4) is 0 Å². The van der Waals surface area contributed by atoms with Crippen LogP contribution in [-0.4, -0.2) is 39.9 Å². The molecule has 1 atom stereocenters. The predicted molar refractivity (Wildman–Crippen MR) is 80.0 cm³/mol. The first kappa shape index (κ1) is 15.0. The molecule has 110 valence electrons. The zero-order valence-electron chi connectivity index (χ0n) is 12.2. The van der Waals surface area contributed by atoms with Crippen molar-refractivity contribution in [2.45, 2.75) is 45.6 Å². The molecule has 2 heterocycles. The highest BCUT2D eigenvalue weighted by molar-refractivity contribution is 6.29. The smallest absolute Gasteiger partial charge is 0.244 e.